The van der Waals surface area contributed by atoms with Crippen molar-refractivity contribution in [2.75, 3.05) is 18.4 Å². The molecule has 6 heteroatoms. The van der Waals surface area contributed by atoms with E-state index in [1.165, 1.54) is 0 Å². The Balaban J connectivity index is 1.51. The molecule has 6 nitrogen and oxygen atoms in total. The summed E-state index contributed by atoms with van der Waals surface area (Å²) >= 11 is 0. The zero-order valence-electron chi connectivity index (χ0n) is 15.8. The van der Waals surface area contributed by atoms with E-state index in [4.69, 9.17) is 0 Å². The minimum atomic E-state index is -0.0809. The van der Waals surface area contributed by atoms with Crippen LogP contribution in [0.3, 0.4) is 0 Å². The van der Waals surface area contributed by atoms with Crippen LogP contribution in [-0.4, -0.2) is 39.6 Å². The fraction of sp³-hybridized carbons (Fsp3) is 0.381. The average Bonchev–Trinajstić information content (AvgIpc) is 3.15. The van der Waals surface area contributed by atoms with Crippen LogP contribution in [0.1, 0.15) is 38.3 Å². The fourth-order valence-electron chi connectivity index (χ4n) is 3.25. The summed E-state index contributed by atoms with van der Waals surface area (Å²) in [4.78, 5) is 26.7. The van der Waals surface area contributed by atoms with Crippen LogP contribution < -0.4 is 5.32 Å². The average molecular weight is 366 g/mol. The SMILES string of the molecule is CC(C)n1nccc1NC(=O)C1CCN(C(=O)/C=C/c2ccccc2)CC1. The van der Waals surface area contributed by atoms with Crippen LogP contribution in [0.5, 0.6) is 0 Å². The van der Waals surface area contributed by atoms with E-state index in [1.54, 1.807) is 17.0 Å². The van der Waals surface area contributed by atoms with Gasteiger partial charge in [-0.15, -0.1) is 0 Å². The van der Waals surface area contributed by atoms with Gasteiger partial charge in [-0.2, -0.15) is 5.10 Å². The van der Waals surface area contributed by atoms with Gasteiger partial charge in [-0.25, -0.2) is 4.68 Å². The van der Waals surface area contributed by atoms with Crippen molar-refractivity contribution in [2.24, 2.45) is 5.92 Å². The second-order valence-electron chi connectivity index (χ2n) is 7.09. The van der Waals surface area contributed by atoms with Gasteiger partial charge in [0.2, 0.25) is 11.8 Å². The minimum Gasteiger partial charge on any atom is -0.339 e. The van der Waals surface area contributed by atoms with Crippen LogP contribution in [0, 0.1) is 5.92 Å². The van der Waals surface area contributed by atoms with Crippen molar-refractivity contribution in [1.82, 2.24) is 14.7 Å². The normalized spacial score (nSPS) is 15.4. The van der Waals surface area contributed by atoms with Gasteiger partial charge in [0, 0.05) is 37.2 Å². The number of likely N-dealkylation sites (tertiary alicyclic amines) is 1. The monoisotopic (exact) mass is 366 g/mol. The van der Waals surface area contributed by atoms with Gasteiger partial charge in [-0.05, 0) is 38.3 Å². The molecule has 142 valence electrons. The smallest absolute Gasteiger partial charge is 0.246 e. The maximum absolute atomic E-state index is 12.6. The first-order valence-corrected chi connectivity index (χ1v) is 9.41. The van der Waals surface area contributed by atoms with Gasteiger partial charge in [0.1, 0.15) is 5.82 Å². The van der Waals surface area contributed by atoms with E-state index in [0.29, 0.717) is 25.9 Å². The Labute approximate surface area is 159 Å². The summed E-state index contributed by atoms with van der Waals surface area (Å²) < 4.78 is 1.80. The fourth-order valence-corrected chi connectivity index (χ4v) is 3.25. The van der Waals surface area contributed by atoms with Crippen LogP contribution >= 0.6 is 0 Å². The van der Waals surface area contributed by atoms with E-state index in [2.05, 4.69) is 10.4 Å². The molecule has 1 saturated heterocycles. The molecule has 0 bridgehead atoms. The molecular formula is C21H26N4O2. The van der Waals surface area contributed by atoms with Gasteiger partial charge in [-0.1, -0.05) is 30.3 Å². The summed E-state index contributed by atoms with van der Waals surface area (Å²) in [7, 11) is 0. The Bertz CT molecular complexity index is 803. The molecule has 0 radical (unpaired) electrons. The summed E-state index contributed by atoms with van der Waals surface area (Å²) in [6, 6.07) is 11.8. The standard InChI is InChI=1S/C21H26N4O2/c1-16(2)25-19(10-13-22-25)23-21(27)18-11-14-24(15-12-18)20(26)9-8-17-6-4-3-5-7-17/h3-10,13,16,18H,11-12,14-15H2,1-2H3,(H,23,27)/b9-8+. The van der Waals surface area contributed by atoms with Gasteiger partial charge >= 0.3 is 0 Å². The highest BCUT2D eigenvalue weighted by Crippen LogP contribution is 2.21. The summed E-state index contributed by atoms with van der Waals surface area (Å²) in [6.07, 6.45) is 6.47. The van der Waals surface area contributed by atoms with Gasteiger partial charge in [0.25, 0.3) is 0 Å². The number of carbonyl (C=O) groups is 2. The third-order valence-corrected chi connectivity index (χ3v) is 4.81. The molecule has 1 aromatic carbocycles. The predicted molar refractivity (Wildman–Crippen MR) is 106 cm³/mol. The zero-order valence-corrected chi connectivity index (χ0v) is 15.8. The first kappa shape index (κ1) is 18.9. The topological polar surface area (TPSA) is 67.2 Å². The van der Waals surface area contributed by atoms with E-state index >= 15 is 0 Å². The van der Waals surface area contributed by atoms with Crippen LogP contribution in [0.15, 0.2) is 48.7 Å². The van der Waals surface area contributed by atoms with Crippen LogP contribution in [0.4, 0.5) is 5.82 Å². The molecular weight excluding hydrogens is 340 g/mol. The lowest BCUT2D eigenvalue weighted by atomic mass is 9.96. The molecule has 0 saturated carbocycles. The molecule has 3 rings (SSSR count). The molecule has 1 aliphatic rings. The number of rotatable bonds is 5. The third-order valence-electron chi connectivity index (χ3n) is 4.81. The van der Waals surface area contributed by atoms with E-state index in [9.17, 15) is 9.59 Å². The summed E-state index contributed by atoms with van der Waals surface area (Å²) in [5.41, 5.74) is 1.00. The molecule has 1 N–H and O–H groups in total. The molecule has 0 spiro atoms. The molecule has 2 heterocycles. The van der Waals surface area contributed by atoms with E-state index in [1.807, 2.05) is 61.2 Å². The van der Waals surface area contributed by atoms with Crippen molar-refractivity contribution in [1.29, 1.82) is 0 Å². The number of anilines is 1. The van der Waals surface area contributed by atoms with Gasteiger partial charge in [-0.3, -0.25) is 9.59 Å². The molecule has 1 fully saturated rings. The number of piperidine rings is 1. The highest BCUT2D eigenvalue weighted by molar-refractivity contribution is 5.93. The summed E-state index contributed by atoms with van der Waals surface area (Å²) in [6.45, 7) is 5.24. The Morgan fingerprint density at radius 3 is 2.52 bits per heavy atom. The molecule has 1 aromatic heterocycles. The largest absolute Gasteiger partial charge is 0.339 e. The second-order valence-corrected chi connectivity index (χ2v) is 7.09. The Morgan fingerprint density at radius 2 is 1.85 bits per heavy atom. The molecule has 2 aromatic rings. The van der Waals surface area contributed by atoms with Crippen molar-refractivity contribution < 1.29 is 9.59 Å². The number of benzene rings is 1. The second kappa shape index (κ2) is 8.66. The molecule has 0 aliphatic carbocycles. The number of hydrogen-bond donors (Lipinski definition) is 1. The van der Waals surface area contributed by atoms with Crippen molar-refractivity contribution in [2.45, 2.75) is 32.7 Å². The van der Waals surface area contributed by atoms with Crippen molar-refractivity contribution >= 4 is 23.7 Å². The maximum Gasteiger partial charge on any atom is 0.246 e. The molecule has 0 atom stereocenters. The number of aromatic nitrogens is 2. The molecule has 0 unspecified atom stereocenters. The Hall–Kier alpha value is -2.89. The van der Waals surface area contributed by atoms with Crippen molar-refractivity contribution in [3.8, 4) is 0 Å². The molecule has 2 amide bonds. The quantitative estimate of drug-likeness (QED) is 0.825. The Morgan fingerprint density at radius 1 is 1.15 bits per heavy atom. The predicted octanol–water partition coefficient (Wildman–Crippen LogP) is 3.35. The first-order chi connectivity index (χ1) is 13.0. The van der Waals surface area contributed by atoms with Crippen LogP contribution in [0.2, 0.25) is 0 Å². The van der Waals surface area contributed by atoms with E-state index < -0.39 is 0 Å². The number of nitrogens with zero attached hydrogens (tertiary/aromatic N) is 3. The number of carbonyl (C=O) groups excluding carboxylic acids is 2. The van der Waals surface area contributed by atoms with Gasteiger partial charge < -0.3 is 10.2 Å². The number of amides is 2. The van der Waals surface area contributed by atoms with Crippen LogP contribution in [-0.2, 0) is 9.59 Å². The zero-order chi connectivity index (χ0) is 19.2. The van der Waals surface area contributed by atoms with Crippen molar-refractivity contribution in [3.05, 3.63) is 54.2 Å². The number of nitrogens with one attached hydrogen (secondary N) is 1. The van der Waals surface area contributed by atoms with E-state index in [-0.39, 0.29) is 23.8 Å². The van der Waals surface area contributed by atoms with Gasteiger partial charge in [0.15, 0.2) is 0 Å². The number of hydrogen-bond acceptors (Lipinski definition) is 3. The maximum atomic E-state index is 12.6. The molecule has 1 aliphatic heterocycles. The highest BCUT2D eigenvalue weighted by Gasteiger charge is 2.27. The van der Waals surface area contributed by atoms with Crippen molar-refractivity contribution in [3.63, 3.8) is 0 Å². The summed E-state index contributed by atoms with van der Waals surface area (Å²) in [5.74, 6) is 0.641. The molecule has 27 heavy (non-hydrogen) atoms. The third kappa shape index (κ3) is 4.84. The van der Waals surface area contributed by atoms with E-state index in [0.717, 1.165) is 11.4 Å². The first-order valence-electron chi connectivity index (χ1n) is 9.41. The lowest BCUT2D eigenvalue weighted by Crippen LogP contribution is -2.41. The summed E-state index contributed by atoms with van der Waals surface area (Å²) in [5, 5.41) is 7.21. The lowest BCUT2D eigenvalue weighted by Gasteiger charge is -2.30. The lowest BCUT2D eigenvalue weighted by molar-refractivity contribution is -0.130. The van der Waals surface area contributed by atoms with Crippen LogP contribution in [0.25, 0.3) is 6.08 Å². The van der Waals surface area contributed by atoms with Gasteiger partial charge in [0.05, 0.1) is 6.20 Å². The highest BCUT2D eigenvalue weighted by atomic mass is 16.2. The Kier molecular flexibility index (Phi) is 6.06. The minimum absolute atomic E-state index is 0.00401.